The van der Waals surface area contributed by atoms with Crippen molar-refractivity contribution >= 4 is 18.0 Å². The van der Waals surface area contributed by atoms with Crippen LogP contribution in [0.4, 0.5) is 22.4 Å². The van der Waals surface area contributed by atoms with Gasteiger partial charge in [0, 0.05) is 64.0 Å². The second-order valence-electron chi connectivity index (χ2n) is 14.5. The molecule has 1 N–H and O–H groups in total. The van der Waals surface area contributed by atoms with Crippen LogP contribution in [-0.4, -0.2) is 95.3 Å². The van der Waals surface area contributed by atoms with Gasteiger partial charge < -0.3 is 38.4 Å². The summed E-state index contributed by atoms with van der Waals surface area (Å²) in [7, 11) is 1.40. The molecule has 1 aromatic heterocycles. The number of likely N-dealkylation sites (tertiary alicyclic amines) is 1. The molecule has 16 heteroatoms. The molecule has 0 saturated carbocycles. The lowest BCUT2D eigenvalue weighted by Gasteiger charge is -2.42. The van der Waals surface area contributed by atoms with Crippen molar-refractivity contribution in [3.63, 3.8) is 0 Å². The molecule has 3 aromatic carbocycles. The zero-order valence-corrected chi connectivity index (χ0v) is 32.1. The molecule has 0 spiro atoms. The molecule has 1 aliphatic heterocycles. The number of rotatable bonds is 17. The first-order valence-corrected chi connectivity index (χ1v) is 18.3. The fourth-order valence-corrected chi connectivity index (χ4v) is 6.87. The summed E-state index contributed by atoms with van der Waals surface area (Å²) in [5.41, 5.74) is -0.247. The van der Waals surface area contributed by atoms with Crippen molar-refractivity contribution in [1.29, 1.82) is 0 Å². The third-order valence-corrected chi connectivity index (χ3v) is 9.67. The van der Waals surface area contributed by atoms with Crippen LogP contribution in [0.25, 0.3) is 11.3 Å². The van der Waals surface area contributed by atoms with E-state index in [4.69, 9.17) is 23.9 Å². The quantitative estimate of drug-likeness (QED) is 0.0728. The van der Waals surface area contributed by atoms with Gasteiger partial charge in [0.2, 0.25) is 0 Å². The lowest BCUT2D eigenvalue weighted by atomic mass is 9.79. The van der Waals surface area contributed by atoms with Crippen molar-refractivity contribution in [2.45, 2.75) is 52.6 Å². The van der Waals surface area contributed by atoms with E-state index in [-0.39, 0.29) is 75.4 Å². The monoisotopic (exact) mass is 798 g/mol. The molecule has 2 heterocycles. The molecule has 3 unspecified atom stereocenters. The molecule has 3 atom stereocenters. The largest absolute Gasteiger partial charge is 0.467 e. The van der Waals surface area contributed by atoms with E-state index in [0.717, 1.165) is 36.8 Å². The van der Waals surface area contributed by atoms with Crippen LogP contribution in [0.3, 0.4) is 0 Å². The number of imidazole rings is 1. The number of hydrogen-bond donors (Lipinski definition) is 1. The van der Waals surface area contributed by atoms with Crippen LogP contribution in [0.1, 0.15) is 50.2 Å². The molecule has 1 aliphatic rings. The average molecular weight is 799 g/mol. The van der Waals surface area contributed by atoms with Gasteiger partial charge in [0.15, 0.2) is 13.4 Å². The molecule has 0 bridgehead atoms. The van der Waals surface area contributed by atoms with E-state index in [1.807, 2.05) is 6.07 Å². The molecular weight excluding hydrogens is 752 g/mol. The van der Waals surface area contributed by atoms with Gasteiger partial charge in [0.25, 0.3) is 5.91 Å². The number of methoxy groups -OCH3 is 1. The van der Waals surface area contributed by atoms with Crippen molar-refractivity contribution in [3.05, 3.63) is 107 Å². The minimum atomic E-state index is -1.62. The third kappa shape index (κ3) is 11.1. The zero-order chi connectivity index (χ0) is 41.3. The lowest BCUT2D eigenvalue weighted by Crippen LogP contribution is -2.48. The number of aromatic nitrogens is 2. The Balaban J connectivity index is 1.59. The highest BCUT2D eigenvalue weighted by Gasteiger charge is 2.45. The van der Waals surface area contributed by atoms with Crippen LogP contribution in [0.5, 0.6) is 5.75 Å². The zero-order valence-electron chi connectivity index (χ0n) is 32.1. The maximum Gasteiger partial charge on any atom is 0.410 e. The normalized spacial score (nSPS) is 16.0. The van der Waals surface area contributed by atoms with Crippen LogP contribution < -0.4 is 4.74 Å². The molecule has 2 amide bonds. The Morgan fingerprint density at radius 2 is 1.74 bits per heavy atom. The molecule has 1 fully saturated rings. The topological polar surface area (TPSA) is 133 Å². The van der Waals surface area contributed by atoms with E-state index in [1.54, 1.807) is 44.2 Å². The van der Waals surface area contributed by atoms with E-state index in [9.17, 15) is 28.3 Å². The number of aliphatic hydroxyl groups is 1. The van der Waals surface area contributed by atoms with Gasteiger partial charge in [-0.05, 0) is 53.3 Å². The Hall–Kier alpha value is -5.48. The third-order valence-electron chi connectivity index (χ3n) is 9.67. The summed E-state index contributed by atoms with van der Waals surface area (Å²) in [4.78, 5) is 46.5. The van der Waals surface area contributed by atoms with Gasteiger partial charge in [-0.3, -0.25) is 9.59 Å². The number of benzene rings is 3. The number of ether oxygens (including phenoxy) is 4. The van der Waals surface area contributed by atoms with Crippen LogP contribution in [-0.2, 0) is 37.0 Å². The number of halogens is 4. The van der Waals surface area contributed by atoms with E-state index in [0.29, 0.717) is 5.56 Å². The number of hydrogen-bond acceptors (Lipinski definition) is 9. The van der Waals surface area contributed by atoms with Gasteiger partial charge in [-0.15, -0.1) is 0 Å². The van der Waals surface area contributed by atoms with E-state index in [2.05, 4.69) is 0 Å². The van der Waals surface area contributed by atoms with Gasteiger partial charge in [0.05, 0.1) is 18.3 Å². The minimum Gasteiger partial charge on any atom is -0.467 e. The predicted molar refractivity (Wildman–Crippen MR) is 199 cm³/mol. The summed E-state index contributed by atoms with van der Waals surface area (Å²) in [5.74, 6) is -4.44. The SMILES string of the molecule is COCOc1cc(F)cc(Cn2cc(-c3cc(F)ccc3F)nc2C(N(CC2CN(C(=O)OCc3ccccc3)CC2F)C(=O)COC(C)=O)C(C)(C)CCO)c1. The number of aliphatic hydroxyl groups excluding tert-OH is 1. The molecule has 0 aliphatic carbocycles. The number of carbonyl (C=O) groups excluding carboxylic acids is 3. The standard InChI is InChI=1S/C41H46F4N4O8/c1-26(51)55-24-37(52)49(20-29-19-48(21-35(29)45)40(53)56-23-27-8-6-5-7-9-27)38(41(2,3)12-13-50)39-46-36(33-17-30(42)10-11-34(33)44)22-47(39)18-28-14-31(43)16-32(15-28)57-25-54-4/h5-11,14-17,22,29,35,38,50H,12-13,18-21,23-25H2,1-4H3. The summed E-state index contributed by atoms with van der Waals surface area (Å²) >= 11 is 0. The molecule has 12 nitrogen and oxygen atoms in total. The summed E-state index contributed by atoms with van der Waals surface area (Å²) in [6.45, 7) is 2.36. The smallest absolute Gasteiger partial charge is 0.410 e. The summed E-state index contributed by atoms with van der Waals surface area (Å²) in [5, 5.41) is 10.3. The number of nitrogens with zero attached hydrogens (tertiary/aromatic N) is 4. The van der Waals surface area contributed by atoms with E-state index < -0.39 is 65.6 Å². The average Bonchev–Trinajstić information content (AvgIpc) is 3.75. The van der Waals surface area contributed by atoms with Gasteiger partial charge in [-0.1, -0.05) is 44.2 Å². The maximum atomic E-state index is 16.0. The van der Waals surface area contributed by atoms with E-state index >= 15 is 8.78 Å². The second-order valence-corrected chi connectivity index (χ2v) is 14.5. The molecule has 1 saturated heterocycles. The Bertz CT molecular complexity index is 2010. The van der Waals surface area contributed by atoms with Crippen molar-refractivity contribution in [1.82, 2.24) is 19.4 Å². The van der Waals surface area contributed by atoms with Crippen LogP contribution in [0.15, 0.2) is 72.9 Å². The van der Waals surface area contributed by atoms with Crippen LogP contribution >= 0.6 is 0 Å². The number of esters is 1. The number of carbonyl (C=O) groups is 3. The van der Waals surface area contributed by atoms with Gasteiger partial charge in [-0.25, -0.2) is 27.3 Å². The highest BCUT2D eigenvalue weighted by molar-refractivity contribution is 5.80. The molecular formula is C41H46F4N4O8. The van der Waals surface area contributed by atoms with Gasteiger partial charge in [0.1, 0.15) is 41.8 Å². The van der Waals surface area contributed by atoms with Crippen LogP contribution in [0, 0.1) is 28.8 Å². The van der Waals surface area contributed by atoms with Crippen molar-refractivity contribution in [3.8, 4) is 17.0 Å². The summed E-state index contributed by atoms with van der Waals surface area (Å²) in [6.07, 6.45) is -0.889. The molecule has 4 aromatic rings. The highest BCUT2D eigenvalue weighted by atomic mass is 19.1. The van der Waals surface area contributed by atoms with Crippen molar-refractivity contribution < 1.29 is 56.0 Å². The van der Waals surface area contributed by atoms with Crippen molar-refractivity contribution in [2.75, 3.05) is 46.8 Å². The Kier molecular flexibility index (Phi) is 14.3. The Morgan fingerprint density at radius 1 is 0.982 bits per heavy atom. The highest BCUT2D eigenvalue weighted by Crippen LogP contribution is 2.43. The maximum absolute atomic E-state index is 16.0. The van der Waals surface area contributed by atoms with Gasteiger partial charge >= 0.3 is 12.1 Å². The molecule has 0 radical (unpaired) electrons. The first kappa shape index (κ1) is 42.7. The predicted octanol–water partition coefficient (Wildman–Crippen LogP) is 6.45. The first-order chi connectivity index (χ1) is 27.2. The number of amides is 2. The Labute approximate surface area is 327 Å². The minimum absolute atomic E-state index is 0.0373. The van der Waals surface area contributed by atoms with Crippen LogP contribution in [0.2, 0.25) is 0 Å². The molecule has 5 rings (SSSR count). The summed E-state index contributed by atoms with van der Waals surface area (Å²) < 4.78 is 83.2. The van der Waals surface area contributed by atoms with Crippen molar-refractivity contribution in [2.24, 2.45) is 11.3 Å². The van der Waals surface area contributed by atoms with Gasteiger partial charge in [-0.2, -0.15) is 0 Å². The fourth-order valence-electron chi connectivity index (χ4n) is 6.87. The molecule has 306 valence electrons. The molecule has 57 heavy (non-hydrogen) atoms. The fraction of sp³-hybridized carbons (Fsp3) is 0.415. The van der Waals surface area contributed by atoms with E-state index in [1.165, 1.54) is 33.7 Å². The lowest BCUT2D eigenvalue weighted by molar-refractivity contribution is -0.153. The second kappa shape index (κ2) is 19.1. The summed E-state index contributed by atoms with van der Waals surface area (Å²) in [6, 6.07) is 14.6. The Morgan fingerprint density at radius 3 is 2.44 bits per heavy atom. The number of alkyl halides is 1. The first-order valence-electron chi connectivity index (χ1n) is 18.3.